The predicted molar refractivity (Wildman–Crippen MR) is 230 cm³/mol. The van der Waals surface area contributed by atoms with Crippen LogP contribution in [-0.2, 0) is 0 Å². The van der Waals surface area contributed by atoms with Crippen molar-refractivity contribution in [3.63, 3.8) is 0 Å². The molecule has 0 fully saturated rings. The number of hydrogen-bond acceptors (Lipinski definition) is 6. The van der Waals surface area contributed by atoms with E-state index >= 15 is 0 Å². The summed E-state index contributed by atoms with van der Waals surface area (Å²) in [7, 11) is 0. The Kier molecular flexibility index (Phi) is 5.95. The Labute approximate surface area is 321 Å². The molecule has 0 aliphatic heterocycles. The van der Waals surface area contributed by atoms with Crippen molar-refractivity contribution >= 4 is 108 Å². The smallest absolute Gasteiger partial charge is 0.247 e. The standard InChI is InChI=1S/C49H26N4O2S/c1-2-11-27(12-3-1)37-25-38-43-49(55-45(38)33-16-5-4-13-28(33)37)52-42(36-18-10-17-35-31-23-24-50-26-41(31)56-47(35)36)48(51-43)53-39-19-8-6-14-29(39)32-21-22-34-30-15-7-9-20-40(30)54-46(34)44(32)53/h1-26H. The van der Waals surface area contributed by atoms with Gasteiger partial charge in [-0.2, -0.15) is 0 Å². The van der Waals surface area contributed by atoms with Crippen molar-refractivity contribution in [2.75, 3.05) is 0 Å². The minimum atomic E-state index is 0.489. The van der Waals surface area contributed by atoms with Gasteiger partial charge in [0, 0.05) is 65.7 Å². The fourth-order valence-corrected chi connectivity index (χ4v) is 10.1. The molecule has 6 nitrogen and oxygen atoms in total. The van der Waals surface area contributed by atoms with E-state index in [1.807, 2.05) is 24.5 Å². The molecule has 7 heteroatoms. The van der Waals surface area contributed by atoms with Crippen LogP contribution in [0.1, 0.15) is 0 Å². The van der Waals surface area contributed by atoms with Gasteiger partial charge in [0.25, 0.3) is 0 Å². The van der Waals surface area contributed by atoms with Crippen molar-refractivity contribution in [2.24, 2.45) is 0 Å². The summed E-state index contributed by atoms with van der Waals surface area (Å²) in [5, 5.41) is 9.70. The summed E-state index contributed by atoms with van der Waals surface area (Å²) in [6.07, 6.45) is 3.80. The summed E-state index contributed by atoms with van der Waals surface area (Å²) in [5.74, 6) is 0.705. The first-order valence-electron chi connectivity index (χ1n) is 18.6. The largest absolute Gasteiger partial charge is 0.454 e. The van der Waals surface area contributed by atoms with E-state index < -0.39 is 0 Å². The van der Waals surface area contributed by atoms with E-state index in [2.05, 4.69) is 143 Å². The molecule has 0 aliphatic carbocycles. The van der Waals surface area contributed by atoms with E-state index in [1.165, 1.54) is 5.39 Å². The zero-order valence-electron chi connectivity index (χ0n) is 29.5. The van der Waals surface area contributed by atoms with E-state index in [0.29, 0.717) is 17.0 Å². The average Bonchev–Trinajstić information content (AvgIpc) is 4.02. The lowest BCUT2D eigenvalue weighted by Gasteiger charge is -2.13. The van der Waals surface area contributed by atoms with E-state index in [0.717, 1.165) is 103 Å². The second-order valence-electron chi connectivity index (χ2n) is 14.3. The quantitative estimate of drug-likeness (QED) is 0.181. The van der Waals surface area contributed by atoms with E-state index in [-0.39, 0.29) is 0 Å². The number of rotatable bonds is 3. The van der Waals surface area contributed by atoms with Crippen molar-refractivity contribution < 1.29 is 8.83 Å². The van der Waals surface area contributed by atoms with Gasteiger partial charge >= 0.3 is 0 Å². The Morgan fingerprint density at radius 2 is 1.27 bits per heavy atom. The van der Waals surface area contributed by atoms with Crippen LogP contribution < -0.4 is 0 Å². The Hall–Kier alpha value is -7.35. The average molecular weight is 735 g/mol. The number of hydrogen-bond donors (Lipinski definition) is 0. The van der Waals surface area contributed by atoms with Crippen LogP contribution in [0.15, 0.2) is 167 Å². The Balaban J connectivity index is 1.23. The zero-order valence-corrected chi connectivity index (χ0v) is 30.3. The first kappa shape index (κ1) is 30.0. The summed E-state index contributed by atoms with van der Waals surface area (Å²) in [4.78, 5) is 15.7. The van der Waals surface area contributed by atoms with Crippen molar-refractivity contribution in [3.8, 4) is 28.2 Å². The molecule has 0 amide bonds. The molecule has 0 saturated carbocycles. The number of aromatic nitrogens is 4. The highest BCUT2D eigenvalue weighted by atomic mass is 32.1. The lowest BCUT2D eigenvalue weighted by Crippen LogP contribution is -2.03. The van der Waals surface area contributed by atoms with Gasteiger partial charge in [-0.05, 0) is 46.8 Å². The van der Waals surface area contributed by atoms with Gasteiger partial charge in [0.1, 0.15) is 22.4 Å². The summed E-state index contributed by atoms with van der Waals surface area (Å²) in [6, 6.07) is 50.9. The highest BCUT2D eigenvalue weighted by Gasteiger charge is 2.26. The monoisotopic (exact) mass is 734 g/mol. The molecule has 0 unspecified atom stereocenters. The number of fused-ring (bicyclic) bond motifs is 15. The van der Waals surface area contributed by atoms with Crippen LogP contribution in [0.3, 0.4) is 0 Å². The number of thiophene rings is 1. The molecule has 6 aromatic heterocycles. The fraction of sp³-hybridized carbons (Fsp3) is 0. The van der Waals surface area contributed by atoms with Gasteiger partial charge in [0.15, 0.2) is 11.4 Å². The molecule has 260 valence electrons. The third kappa shape index (κ3) is 4.01. The maximum absolute atomic E-state index is 6.84. The van der Waals surface area contributed by atoms with Crippen molar-refractivity contribution in [3.05, 3.63) is 158 Å². The zero-order chi connectivity index (χ0) is 36.5. The number of para-hydroxylation sites is 2. The third-order valence-electron chi connectivity index (χ3n) is 11.3. The molecule has 0 saturated heterocycles. The van der Waals surface area contributed by atoms with Gasteiger partial charge in [0.2, 0.25) is 5.71 Å². The lowest BCUT2D eigenvalue weighted by atomic mass is 9.96. The van der Waals surface area contributed by atoms with E-state index in [1.54, 1.807) is 11.3 Å². The molecule has 0 radical (unpaired) electrons. The minimum absolute atomic E-state index is 0.489. The van der Waals surface area contributed by atoms with Gasteiger partial charge in [-0.1, -0.05) is 115 Å². The van der Waals surface area contributed by atoms with Crippen molar-refractivity contribution in [2.45, 2.75) is 0 Å². The van der Waals surface area contributed by atoms with Crippen LogP contribution in [0.5, 0.6) is 0 Å². The molecule has 0 bridgehead atoms. The van der Waals surface area contributed by atoms with Gasteiger partial charge in [-0.25, -0.2) is 9.97 Å². The van der Waals surface area contributed by atoms with Crippen LogP contribution in [0.25, 0.3) is 125 Å². The number of pyridine rings is 1. The van der Waals surface area contributed by atoms with Gasteiger partial charge in [-0.15, -0.1) is 11.3 Å². The molecule has 0 atom stereocenters. The lowest BCUT2D eigenvalue weighted by molar-refractivity contribution is 0.656. The molecule has 6 heterocycles. The highest BCUT2D eigenvalue weighted by Crippen LogP contribution is 2.46. The molecular formula is C49H26N4O2S. The van der Waals surface area contributed by atoms with Gasteiger partial charge in [0.05, 0.1) is 15.7 Å². The van der Waals surface area contributed by atoms with E-state index in [9.17, 15) is 0 Å². The first-order chi connectivity index (χ1) is 27.8. The van der Waals surface area contributed by atoms with Crippen LogP contribution in [0, 0.1) is 0 Å². The molecule has 7 aromatic carbocycles. The highest BCUT2D eigenvalue weighted by molar-refractivity contribution is 7.26. The van der Waals surface area contributed by atoms with Gasteiger partial charge in [-0.3, -0.25) is 9.55 Å². The van der Waals surface area contributed by atoms with Crippen LogP contribution >= 0.6 is 11.3 Å². The molecular weight excluding hydrogens is 709 g/mol. The van der Waals surface area contributed by atoms with E-state index in [4.69, 9.17) is 18.8 Å². The number of benzene rings is 7. The Morgan fingerprint density at radius 3 is 2.18 bits per heavy atom. The summed E-state index contributed by atoms with van der Waals surface area (Å²) in [6.45, 7) is 0. The van der Waals surface area contributed by atoms with Crippen molar-refractivity contribution in [1.82, 2.24) is 19.5 Å². The summed E-state index contributed by atoms with van der Waals surface area (Å²) >= 11 is 1.73. The molecule has 13 aromatic rings. The summed E-state index contributed by atoms with van der Waals surface area (Å²) < 4.78 is 18.1. The van der Waals surface area contributed by atoms with Crippen LogP contribution in [0.2, 0.25) is 0 Å². The molecule has 13 rings (SSSR count). The maximum atomic E-state index is 6.84. The molecule has 0 spiro atoms. The second-order valence-corrected chi connectivity index (χ2v) is 15.4. The van der Waals surface area contributed by atoms with Crippen molar-refractivity contribution in [1.29, 1.82) is 0 Å². The number of furan rings is 2. The fourth-order valence-electron chi connectivity index (χ4n) is 8.87. The van der Waals surface area contributed by atoms with Gasteiger partial charge < -0.3 is 8.83 Å². The first-order valence-corrected chi connectivity index (χ1v) is 19.4. The second kappa shape index (κ2) is 11.1. The van der Waals surface area contributed by atoms with Crippen LogP contribution in [0.4, 0.5) is 0 Å². The van der Waals surface area contributed by atoms with Crippen LogP contribution in [-0.4, -0.2) is 19.5 Å². The third-order valence-corrected chi connectivity index (χ3v) is 12.5. The molecule has 0 aliphatic rings. The summed E-state index contributed by atoms with van der Waals surface area (Å²) in [5.41, 5.74) is 9.54. The molecule has 0 N–H and O–H groups in total. The normalized spacial score (nSPS) is 12.3. The topological polar surface area (TPSA) is 69.9 Å². The number of nitrogens with zero attached hydrogens (tertiary/aromatic N) is 4. The molecule has 56 heavy (non-hydrogen) atoms. The Bertz CT molecular complexity index is 3780. The maximum Gasteiger partial charge on any atom is 0.247 e. The predicted octanol–water partition coefficient (Wildman–Crippen LogP) is 13.6. The Morgan fingerprint density at radius 1 is 0.518 bits per heavy atom. The minimum Gasteiger partial charge on any atom is -0.454 e. The SMILES string of the molecule is c1ccc(-c2cc3c4nc(-n5c6ccccc6c6ccc7c8ccccc8oc7c65)c(-c5cccc6c5sc5cnccc56)nc4oc3c3ccccc23)cc1.